The summed E-state index contributed by atoms with van der Waals surface area (Å²) in [4.78, 5) is 0. The molecule has 0 N–H and O–H groups in total. The van der Waals surface area contributed by atoms with Crippen LogP contribution in [0.2, 0.25) is 0 Å². The van der Waals surface area contributed by atoms with Crippen LogP contribution in [0.15, 0.2) is 109 Å². The van der Waals surface area contributed by atoms with Gasteiger partial charge in [0.2, 0.25) is 0 Å². The van der Waals surface area contributed by atoms with E-state index in [-0.39, 0.29) is 17.2 Å². The van der Waals surface area contributed by atoms with Crippen molar-refractivity contribution in [2.24, 2.45) is 76.9 Å². The third-order valence-electron chi connectivity index (χ3n) is 23.8. The SMILES string of the molecule is C/C=C/C1CCC(C2CCC(C)CC2)CC1.C/C=C/C1CCC(C2CCC(c3ccc(C)c(F)c3)CC2)CC1.C/C=C/C1CCC(C2CCC(c3ccc(C)cc3)CC2)CC1.C/C=C/C1CCC(C2CCC(c3ccc(F)c(F)c3)CC2)CC1.[HH].[HH].[HH].[HH].[HH].[HH].[HH].[HH]. The smallest absolute Gasteiger partial charge is 0.159 e. The van der Waals surface area contributed by atoms with Crippen molar-refractivity contribution >= 4 is 0 Å². The van der Waals surface area contributed by atoms with Crippen molar-refractivity contribution in [3.63, 3.8) is 0 Å². The average molecular weight is 1170 g/mol. The first-order valence-electron chi connectivity index (χ1n) is 35.7. The lowest BCUT2D eigenvalue weighted by Gasteiger charge is -2.37. The Bertz CT molecular complexity index is 2350. The molecule has 0 amide bonds. The van der Waals surface area contributed by atoms with Crippen LogP contribution in [0.5, 0.6) is 0 Å². The quantitative estimate of drug-likeness (QED) is 0.168. The Labute approximate surface area is 525 Å². The minimum absolute atomic E-state index is 0. The van der Waals surface area contributed by atoms with Crippen LogP contribution in [0, 0.1) is 108 Å². The summed E-state index contributed by atoms with van der Waals surface area (Å²) < 4.78 is 40.3. The maximum Gasteiger partial charge on any atom is 0.159 e. The molecule has 480 valence electrons. The van der Waals surface area contributed by atoms with E-state index in [0.717, 1.165) is 107 Å². The number of allylic oxidation sites excluding steroid dienone is 8. The van der Waals surface area contributed by atoms with Crippen molar-refractivity contribution in [2.45, 2.75) is 272 Å². The van der Waals surface area contributed by atoms with E-state index in [1.807, 2.05) is 13.0 Å². The van der Waals surface area contributed by atoms with Gasteiger partial charge in [0, 0.05) is 11.4 Å². The standard InChI is InChI=1S/C22H31F.C22H32.C21H28F2.C16H28.8H2/c1-3-4-17-6-9-18(10-7-17)19-11-13-20(14-12-19)21-8-5-16(2)22(23)15-21;1-3-4-18-7-11-20(12-8-18)22-15-13-21(14-16-22)19-9-5-17(2)6-10-19;1-2-3-15-4-6-16(7-5-15)17-8-10-18(11-9-17)19-12-13-20(22)21(23)14-19;1-3-4-14-7-11-16(12-8-14)15-9-5-13(2)6-10-15;;;;;;;;/h3-5,8,15,17-20H,6-7,9-14H2,1-2H3;3-6,9-10,18,20-22H,7-8,11-16H2,1-2H3;2-3,12-18H,4-11H2,1H3;3-4,13-16H,5-12H2,1-2H3;8*1H/b2*4-3+;3-2+;4-3+;;;;;;;;. The summed E-state index contributed by atoms with van der Waals surface area (Å²) in [6.07, 6.45) is 63.2. The van der Waals surface area contributed by atoms with E-state index < -0.39 is 11.6 Å². The Kier molecular flexibility index (Phi) is 27.5. The van der Waals surface area contributed by atoms with Gasteiger partial charge in [-0.2, -0.15) is 0 Å². The second-order valence-corrected chi connectivity index (χ2v) is 29.3. The van der Waals surface area contributed by atoms with Gasteiger partial charge in [0.05, 0.1) is 0 Å². The normalized spacial score (nSPS) is 34.3. The van der Waals surface area contributed by atoms with Crippen molar-refractivity contribution < 1.29 is 24.6 Å². The van der Waals surface area contributed by atoms with Crippen LogP contribution in [0.4, 0.5) is 13.2 Å². The summed E-state index contributed by atoms with van der Waals surface area (Å²) in [7, 11) is 0. The zero-order chi connectivity index (χ0) is 59.2. The molecular weight excluding hydrogens is 1030 g/mol. The molecule has 8 saturated carbocycles. The molecule has 0 aromatic heterocycles. The second kappa shape index (κ2) is 34.8. The fraction of sp³-hybridized carbons (Fsp3) is 0.679. The fourth-order valence-electron chi connectivity index (χ4n) is 18.3. The van der Waals surface area contributed by atoms with Crippen LogP contribution in [-0.2, 0) is 0 Å². The third kappa shape index (κ3) is 20.2. The first kappa shape index (κ1) is 66.4. The minimum Gasteiger partial charge on any atom is -0.207 e. The zero-order valence-electron chi connectivity index (χ0n) is 54.4. The maximum atomic E-state index is 13.8. The Balaban J connectivity index is 0.00000117. The highest BCUT2D eigenvalue weighted by Crippen LogP contribution is 2.48. The molecule has 3 heteroatoms. The van der Waals surface area contributed by atoms with Crippen molar-refractivity contribution in [1.82, 2.24) is 0 Å². The number of hydrogen-bond acceptors (Lipinski definition) is 0. The Hall–Kier alpha value is -3.59. The van der Waals surface area contributed by atoms with Gasteiger partial charge in [-0.25, -0.2) is 13.2 Å². The molecule has 8 fully saturated rings. The maximum absolute atomic E-state index is 13.8. The molecule has 8 aliphatic rings. The highest BCUT2D eigenvalue weighted by Gasteiger charge is 2.35. The molecule has 84 heavy (non-hydrogen) atoms. The molecular formula is C81H135F3. The van der Waals surface area contributed by atoms with E-state index in [1.54, 1.807) is 17.7 Å². The van der Waals surface area contributed by atoms with Gasteiger partial charge in [0.25, 0.3) is 0 Å². The third-order valence-corrected chi connectivity index (χ3v) is 23.8. The van der Waals surface area contributed by atoms with E-state index >= 15 is 0 Å². The molecule has 0 aliphatic heterocycles. The molecule has 11 rings (SSSR count). The van der Waals surface area contributed by atoms with Gasteiger partial charge in [-0.05, 0) is 369 Å². The van der Waals surface area contributed by atoms with Gasteiger partial charge in [-0.1, -0.05) is 116 Å². The molecule has 0 atom stereocenters. The van der Waals surface area contributed by atoms with Crippen molar-refractivity contribution in [3.8, 4) is 0 Å². The lowest BCUT2D eigenvalue weighted by atomic mass is 9.68. The molecule has 3 aromatic rings. The lowest BCUT2D eigenvalue weighted by molar-refractivity contribution is 0.160. The molecule has 0 spiro atoms. The lowest BCUT2D eigenvalue weighted by Crippen LogP contribution is -2.25. The summed E-state index contributed by atoms with van der Waals surface area (Å²) >= 11 is 0. The van der Waals surface area contributed by atoms with E-state index in [1.165, 1.54) is 216 Å². The highest BCUT2D eigenvalue weighted by atomic mass is 19.2. The van der Waals surface area contributed by atoms with Gasteiger partial charge in [0.15, 0.2) is 11.6 Å². The summed E-state index contributed by atoms with van der Waals surface area (Å²) in [5.41, 5.74) is 5.94. The summed E-state index contributed by atoms with van der Waals surface area (Å²) in [5, 5.41) is 0. The van der Waals surface area contributed by atoms with Crippen LogP contribution in [0.1, 0.15) is 297 Å². The Morgan fingerprint density at radius 2 is 0.560 bits per heavy atom. The van der Waals surface area contributed by atoms with Crippen LogP contribution in [0.25, 0.3) is 0 Å². The number of rotatable bonds is 11. The van der Waals surface area contributed by atoms with Crippen molar-refractivity contribution in [1.29, 1.82) is 0 Å². The molecule has 0 nitrogen and oxygen atoms in total. The van der Waals surface area contributed by atoms with Crippen molar-refractivity contribution in [2.75, 3.05) is 0 Å². The van der Waals surface area contributed by atoms with E-state index in [4.69, 9.17) is 0 Å². The molecule has 3 aromatic carbocycles. The van der Waals surface area contributed by atoms with Gasteiger partial charge < -0.3 is 0 Å². The number of benzene rings is 3. The highest BCUT2D eigenvalue weighted by molar-refractivity contribution is 5.27. The molecule has 0 heterocycles. The molecule has 0 radical (unpaired) electrons. The summed E-state index contributed by atoms with van der Waals surface area (Å²) in [6.45, 7) is 15.0. The average Bonchev–Trinajstić information content (AvgIpc) is 1.66. The molecule has 0 bridgehead atoms. The number of hydrogen-bond donors (Lipinski definition) is 0. The van der Waals surface area contributed by atoms with Gasteiger partial charge in [-0.3, -0.25) is 0 Å². The summed E-state index contributed by atoms with van der Waals surface area (Å²) in [6, 6.07) is 19.6. The topological polar surface area (TPSA) is 0 Å². The second-order valence-electron chi connectivity index (χ2n) is 29.3. The van der Waals surface area contributed by atoms with E-state index in [9.17, 15) is 13.2 Å². The van der Waals surface area contributed by atoms with Crippen LogP contribution < -0.4 is 0 Å². The zero-order valence-corrected chi connectivity index (χ0v) is 54.4. The first-order chi connectivity index (χ1) is 40.9. The van der Waals surface area contributed by atoms with Crippen LogP contribution in [-0.4, -0.2) is 0 Å². The number of aryl methyl sites for hydroxylation is 2. The number of halogens is 3. The Morgan fingerprint density at radius 1 is 0.298 bits per heavy atom. The van der Waals surface area contributed by atoms with Crippen molar-refractivity contribution in [3.05, 3.63) is 155 Å². The minimum atomic E-state index is -0.736. The van der Waals surface area contributed by atoms with Crippen LogP contribution >= 0.6 is 0 Å². The van der Waals surface area contributed by atoms with Gasteiger partial charge in [0.1, 0.15) is 5.82 Å². The molecule has 0 saturated heterocycles. The molecule has 8 aliphatic carbocycles. The van der Waals surface area contributed by atoms with E-state index in [0.29, 0.717) is 11.8 Å². The predicted octanol–water partition coefficient (Wildman–Crippen LogP) is 27.2. The summed E-state index contributed by atoms with van der Waals surface area (Å²) in [5.74, 6) is 12.6. The van der Waals surface area contributed by atoms with Gasteiger partial charge >= 0.3 is 0 Å². The first-order valence-corrected chi connectivity index (χ1v) is 35.7. The molecule has 0 unspecified atom stereocenters. The monoisotopic (exact) mass is 1170 g/mol. The van der Waals surface area contributed by atoms with Crippen LogP contribution in [0.3, 0.4) is 0 Å². The van der Waals surface area contributed by atoms with E-state index in [2.05, 4.69) is 120 Å². The van der Waals surface area contributed by atoms with Gasteiger partial charge in [-0.15, -0.1) is 0 Å². The largest absolute Gasteiger partial charge is 0.207 e. The Morgan fingerprint density at radius 3 is 0.857 bits per heavy atom. The fourth-order valence-corrected chi connectivity index (χ4v) is 18.3. The predicted molar refractivity (Wildman–Crippen MR) is 372 cm³/mol.